The number of methoxy groups -OCH3 is 1. The van der Waals surface area contributed by atoms with Gasteiger partial charge < -0.3 is 4.74 Å². The van der Waals surface area contributed by atoms with Crippen LogP contribution in [0.15, 0.2) is 70.7 Å². The number of rotatable bonds is 4. The first-order valence-electron chi connectivity index (χ1n) is 9.70. The molecule has 1 fully saturated rings. The van der Waals surface area contributed by atoms with Crippen molar-refractivity contribution in [2.24, 2.45) is 4.99 Å². The third kappa shape index (κ3) is 3.12. The molecule has 4 rings (SSSR count). The molecule has 0 amide bonds. The second-order valence-corrected chi connectivity index (χ2v) is 7.48. The molecule has 0 N–H and O–H groups in total. The molecule has 3 heteroatoms. The predicted octanol–water partition coefficient (Wildman–Crippen LogP) is 5.40. The maximum absolute atomic E-state index is 13.5. The summed E-state index contributed by atoms with van der Waals surface area (Å²) in [5, 5.41) is 0. The summed E-state index contributed by atoms with van der Waals surface area (Å²) in [6.45, 7) is 2.11. The van der Waals surface area contributed by atoms with Gasteiger partial charge >= 0.3 is 0 Å². The van der Waals surface area contributed by atoms with Crippen molar-refractivity contribution in [3.63, 3.8) is 0 Å². The number of nitrogens with zero attached hydrogens (tertiary/aromatic N) is 1. The average Bonchev–Trinajstić information content (AvgIpc) is 3.01. The van der Waals surface area contributed by atoms with E-state index in [0.29, 0.717) is 5.56 Å². The van der Waals surface area contributed by atoms with Gasteiger partial charge in [0.1, 0.15) is 5.75 Å². The molecule has 1 spiro atoms. The van der Waals surface area contributed by atoms with E-state index in [4.69, 9.17) is 9.73 Å². The number of Topliss-reactive ketones (excluding diaryl/α,β-unsaturated/α-hetero) is 1. The van der Waals surface area contributed by atoms with Crippen molar-refractivity contribution in [2.75, 3.05) is 7.11 Å². The molecule has 0 bridgehead atoms. The van der Waals surface area contributed by atoms with Gasteiger partial charge in [-0.1, -0.05) is 49.6 Å². The molecule has 0 unspecified atom stereocenters. The number of hydrogen-bond acceptors (Lipinski definition) is 3. The molecule has 0 saturated heterocycles. The Morgan fingerprint density at radius 3 is 2.26 bits per heavy atom. The van der Waals surface area contributed by atoms with Crippen LogP contribution in [0.25, 0.3) is 0 Å². The van der Waals surface area contributed by atoms with Crippen molar-refractivity contribution in [2.45, 2.75) is 44.6 Å². The molecule has 0 atom stereocenters. The molecule has 138 valence electrons. The fraction of sp³-hybridized carbons (Fsp3) is 0.333. The summed E-state index contributed by atoms with van der Waals surface area (Å²) in [4.78, 5) is 18.7. The van der Waals surface area contributed by atoms with Crippen LogP contribution >= 0.6 is 0 Å². The average molecular weight is 359 g/mol. The largest absolute Gasteiger partial charge is 0.497 e. The van der Waals surface area contributed by atoms with Crippen molar-refractivity contribution < 1.29 is 9.53 Å². The van der Waals surface area contributed by atoms with E-state index >= 15 is 0 Å². The Balaban J connectivity index is 1.81. The highest BCUT2D eigenvalue weighted by molar-refractivity contribution is 6.34. The van der Waals surface area contributed by atoms with E-state index in [1.807, 2.05) is 42.5 Å². The fourth-order valence-corrected chi connectivity index (χ4v) is 4.36. The Labute approximate surface area is 160 Å². The normalized spacial score (nSPS) is 18.5. The van der Waals surface area contributed by atoms with Crippen LogP contribution < -0.4 is 4.74 Å². The minimum atomic E-state index is -0.194. The van der Waals surface area contributed by atoms with Gasteiger partial charge in [-0.15, -0.1) is 0 Å². The zero-order valence-electron chi connectivity index (χ0n) is 16.0. The summed E-state index contributed by atoms with van der Waals surface area (Å²) in [5.41, 5.74) is 4.30. The molecule has 2 aromatic rings. The number of carbonyl (C=O) groups is 1. The first-order valence-corrected chi connectivity index (χ1v) is 9.70. The molecule has 1 aliphatic heterocycles. The maximum atomic E-state index is 13.5. The summed E-state index contributed by atoms with van der Waals surface area (Å²) < 4.78 is 5.23. The summed E-state index contributed by atoms with van der Waals surface area (Å²) >= 11 is 0. The first kappa shape index (κ1) is 17.7. The number of ketones is 1. The monoisotopic (exact) mass is 359 g/mol. The summed E-state index contributed by atoms with van der Waals surface area (Å²) in [7, 11) is 1.63. The second kappa shape index (κ2) is 7.15. The summed E-state index contributed by atoms with van der Waals surface area (Å²) in [6, 6.07) is 17.5. The van der Waals surface area contributed by atoms with Gasteiger partial charge in [0.15, 0.2) is 5.78 Å². The number of ether oxygens (including phenoxy) is 1. The molecular weight excluding hydrogens is 334 g/mol. The maximum Gasteiger partial charge on any atom is 0.195 e. The van der Waals surface area contributed by atoms with Crippen LogP contribution in [0.5, 0.6) is 5.75 Å². The Bertz CT molecular complexity index is 901. The van der Waals surface area contributed by atoms with Gasteiger partial charge in [-0.25, -0.2) is 0 Å². The molecule has 1 aliphatic carbocycles. The molecule has 2 aromatic carbocycles. The topological polar surface area (TPSA) is 38.7 Å². The SMILES string of the molecule is COc1ccc(C(=O)C2=C(C)C3(CCCCC3)N=C2c2ccccc2)cc1. The highest BCUT2D eigenvalue weighted by Gasteiger charge is 2.42. The van der Waals surface area contributed by atoms with Gasteiger partial charge in [0, 0.05) is 16.7 Å². The molecule has 1 saturated carbocycles. The molecule has 2 aliphatic rings. The Morgan fingerprint density at radius 1 is 0.963 bits per heavy atom. The standard InChI is InChI=1S/C24H25NO2/c1-17-21(23(26)19-11-13-20(27-2)14-12-19)22(18-9-5-3-6-10-18)25-24(17)15-7-4-8-16-24/h3,5-6,9-14H,4,7-8,15-16H2,1-2H3. The van der Waals surface area contributed by atoms with Crippen LogP contribution in [0.4, 0.5) is 0 Å². The van der Waals surface area contributed by atoms with Gasteiger partial charge in [-0.3, -0.25) is 9.79 Å². The van der Waals surface area contributed by atoms with Crippen LogP contribution in [-0.2, 0) is 0 Å². The number of allylic oxidation sites excluding steroid dienone is 1. The molecule has 3 nitrogen and oxygen atoms in total. The lowest BCUT2D eigenvalue weighted by molar-refractivity contribution is 0.103. The highest BCUT2D eigenvalue weighted by atomic mass is 16.5. The molecule has 0 aromatic heterocycles. The van der Waals surface area contributed by atoms with Crippen LogP contribution in [0, 0.1) is 0 Å². The summed E-state index contributed by atoms with van der Waals surface area (Å²) in [5.74, 6) is 0.810. The summed E-state index contributed by atoms with van der Waals surface area (Å²) in [6.07, 6.45) is 5.68. The zero-order chi connectivity index (χ0) is 18.9. The van der Waals surface area contributed by atoms with Gasteiger partial charge in [-0.2, -0.15) is 0 Å². The van der Waals surface area contributed by atoms with Crippen LogP contribution in [0.1, 0.15) is 54.9 Å². The lowest BCUT2D eigenvalue weighted by atomic mass is 9.76. The Kier molecular flexibility index (Phi) is 4.69. The van der Waals surface area contributed by atoms with Crippen molar-refractivity contribution in [1.82, 2.24) is 0 Å². The predicted molar refractivity (Wildman–Crippen MR) is 109 cm³/mol. The number of hydrogen-bond donors (Lipinski definition) is 0. The third-order valence-corrected chi connectivity index (χ3v) is 5.94. The highest BCUT2D eigenvalue weighted by Crippen LogP contribution is 2.44. The number of benzene rings is 2. The van der Waals surface area contributed by atoms with E-state index in [9.17, 15) is 4.79 Å². The minimum Gasteiger partial charge on any atom is -0.497 e. The number of carbonyl (C=O) groups excluding carboxylic acids is 1. The van der Waals surface area contributed by atoms with Crippen LogP contribution in [-0.4, -0.2) is 24.1 Å². The smallest absolute Gasteiger partial charge is 0.195 e. The minimum absolute atomic E-state index is 0.0557. The van der Waals surface area contributed by atoms with E-state index in [-0.39, 0.29) is 11.3 Å². The van der Waals surface area contributed by atoms with Crippen molar-refractivity contribution in [3.8, 4) is 5.75 Å². The van der Waals surface area contributed by atoms with E-state index in [0.717, 1.165) is 41.0 Å². The molecule has 27 heavy (non-hydrogen) atoms. The first-order chi connectivity index (χ1) is 13.1. The Hall–Kier alpha value is -2.68. The van der Waals surface area contributed by atoms with Crippen LogP contribution in [0.2, 0.25) is 0 Å². The van der Waals surface area contributed by atoms with Crippen molar-refractivity contribution >= 4 is 11.5 Å². The van der Waals surface area contributed by atoms with Gasteiger partial charge in [0.2, 0.25) is 0 Å². The number of aliphatic imine (C=N–C) groups is 1. The molecular formula is C24H25NO2. The van der Waals surface area contributed by atoms with E-state index in [1.54, 1.807) is 7.11 Å². The third-order valence-electron chi connectivity index (χ3n) is 5.94. The van der Waals surface area contributed by atoms with E-state index in [1.165, 1.54) is 19.3 Å². The van der Waals surface area contributed by atoms with Crippen LogP contribution in [0.3, 0.4) is 0 Å². The van der Waals surface area contributed by atoms with Gasteiger partial charge in [0.25, 0.3) is 0 Å². The quantitative estimate of drug-likeness (QED) is 0.686. The van der Waals surface area contributed by atoms with Crippen molar-refractivity contribution in [1.29, 1.82) is 0 Å². The van der Waals surface area contributed by atoms with Crippen molar-refractivity contribution in [3.05, 3.63) is 76.9 Å². The molecule has 0 radical (unpaired) electrons. The second-order valence-electron chi connectivity index (χ2n) is 7.48. The van der Waals surface area contributed by atoms with E-state index < -0.39 is 0 Å². The Morgan fingerprint density at radius 2 is 1.63 bits per heavy atom. The van der Waals surface area contributed by atoms with Gasteiger partial charge in [0.05, 0.1) is 18.4 Å². The van der Waals surface area contributed by atoms with Gasteiger partial charge in [-0.05, 0) is 49.6 Å². The molecule has 1 heterocycles. The van der Waals surface area contributed by atoms with E-state index in [2.05, 4.69) is 19.1 Å². The fourth-order valence-electron chi connectivity index (χ4n) is 4.36. The lowest BCUT2D eigenvalue weighted by Crippen LogP contribution is -2.29. The lowest BCUT2D eigenvalue weighted by Gasteiger charge is -2.32. The zero-order valence-corrected chi connectivity index (χ0v) is 16.0.